The molecule has 1 aromatic carbocycles. The molecule has 0 saturated heterocycles. The summed E-state index contributed by atoms with van der Waals surface area (Å²) in [4.78, 5) is 1.39. The molecular formula is C17H11F3N4S2. The fraction of sp³-hybridized carbons (Fsp3) is 0.118. The number of thiophene rings is 1. The van der Waals surface area contributed by atoms with Crippen LogP contribution in [0.15, 0.2) is 57.8 Å². The normalized spacial score (nSPS) is 12.0. The van der Waals surface area contributed by atoms with E-state index in [4.69, 9.17) is 0 Å². The lowest BCUT2D eigenvalue weighted by atomic mass is 10.2. The molecule has 3 aromatic heterocycles. The van der Waals surface area contributed by atoms with E-state index in [0.717, 1.165) is 22.6 Å². The van der Waals surface area contributed by atoms with Gasteiger partial charge in [-0.15, -0.1) is 21.5 Å². The van der Waals surface area contributed by atoms with Crippen molar-refractivity contribution in [2.75, 3.05) is 0 Å². The summed E-state index contributed by atoms with van der Waals surface area (Å²) in [5, 5.41) is 15.4. The van der Waals surface area contributed by atoms with Gasteiger partial charge in [0.2, 0.25) is 0 Å². The Morgan fingerprint density at radius 3 is 2.65 bits per heavy atom. The molecule has 0 N–H and O–H groups in total. The molecule has 0 bridgehead atoms. The fourth-order valence-corrected chi connectivity index (χ4v) is 4.09. The molecule has 0 spiro atoms. The Balaban J connectivity index is 1.75. The number of benzene rings is 1. The zero-order valence-corrected chi connectivity index (χ0v) is 15.0. The van der Waals surface area contributed by atoms with E-state index in [-0.39, 0.29) is 0 Å². The highest BCUT2D eigenvalue weighted by molar-refractivity contribution is 7.99. The van der Waals surface area contributed by atoms with E-state index in [1.807, 2.05) is 24.4 Å². The van der Waals surface area contributed by atoms with Crippen LogP contribution in [0.2, 0.25) is 0 Å². The van der Waals surface area contributed by atoms with Gasteiger partial charge < -0.3 is 0 Å². The maximum absolute atomic E-state index is 12.9. The predicted octanol–water partition coefficient (Wildman–Crippen LogP) is 5.33. The lowest BCUT2D eigenvalue weighted by molar-refractivity contribution is -0.137. The van der Waals surface area contributed by atoms with Crippen molar-refractivity contribution < 1.29 is 13.2 Å². The van der Waals surface area contributed by atoms with Crippen molar-refractivity contribution in [1.29, 1.82) is 0 Å². The molecule has 0 atom stereocenters. The van der Waals surface area contributed by atoms with Crippen LogP contribution in [0.4, 0.5) is 13.2 Å². The molecule has 3 heterocycles. The Labute approximate surface area is 154 Å². The molecule has 0 unspecified atom stereocenters. The van der Waals surface area contributed by atoms with Gasteiger partial charge in [0, 0.05) is 4.90 Å². The lowest BCUT2D eigenvalue weighted by Gasteiger charge is -2.09. The van der Waals surface area contributed by atoms with Crippen LogP contribution in [0.3, 0.4) is 0 Å². The average molecular weight is 392 g/mol. The Kier molecular flexibility index (Phi) is 4.20. The molecule has 9 heteroatoms. The van der Waals surface area contributed by atoms with Crippen molar-refractivity contribution in [3.05, 3.63) is 59.0 Å². The second-order valence-electron chi connectivity index (χ2n) is 5.53. The molecule has 0 aliphatic carbocycles. The van der Waals surface area contributed by atoms with Gasteiger partial charge in [-0.3, -0.25) is 0 Å². The zero-order chi connectivity index (χ0) is 18.3. The SMILES string of the molecule is Cc1cc(Sc2cccc(C(F)(F)F)c2)nn2c(-c3cccs3)nnc12. The van der Waals surface area contributed by atoms with Crippen LogP contribution in [-0.4, -0.2) is 19.8 Å². The standard InChI is InChI=1S/C17H11F3N4S2/c1-10-8-14(26-12-5-2-4-11(9-12)17(18,19)20)23-24-15(10)21-22-16(24)13-6-3-7-25-13/h2-9H,1H3. The van der Waals surface area contributed by atoms with Gasteiger partial charge in [-0.05, 0) is 48.2 Å². The van der Waals surface area contributed by atoms with E-state index in [0.29, 0.717) is 21.4 Å². The first kappa shape index (κ1) is 17.0. The Hall–Kier alpha value is -2.39. The maximum Gasteiger partial charge on any atom is 0.416 e. The third-order valence-corrected chi connectivity index (χ3v) is 5.42. The van der Waals surface area contributed by atoms with Crippen molar-refractivity contribution >= 4 is 28.7 Å². The van der Waals surface area contributed by atoms with Crippen molar-refractivity contribution in [2.45, 2.75) is 23.0 Å². The van der Waals surface area contributed by atoms with E-state index in [1.165, 1.54) is 29.2 Å². The quantitative estimate of drug-likeness (QED) is 0.473. The Morgan fingerprint density at radius 2 is 1.92 bits per heavy atom. The molecule has 0 fully saturated rings. The fourth-order valence-electron chi connectivity index (χ4n) is 2.46. The number of halogens is 3. The summed E-state index contributed by atoms with van der Waals surface area (Å²) in [7, 11) is 0. The number of alkyl halides is 3. The number of aromatic nitrogens is 4. The minimum Gasteiger partial charge on any atom is -0.191 e. The first-order valence-corrected chi connectivity index (χ1v) is 9.23. The van der Waals surface area contributed by atoms with Gasteiger partial charge in [-0.1, -0.05) is 23.9 Å². The van der Waals surface area contributed by atoms with Crippen molar-refractivity contribution in [2.24, 2.45) is 0 Å². The van der Waals surface area contributed by atoms with Crippen LogP contribution in [0, 0.1) is 6.92 Å². The Morgan fingerprint density at radius 1 is 1.08 bits per heavy atom. The summed E-state index contributed by atoms with van der Waals surface area (Å²) in [6.45, 7) is 1.88. The van der Waals surface area contributed by atoms with E-state index >= 15 is 0 Å². The minimum atomic E-state index is -4.37. The van der Waals surface area contributed by atoms with E-state index in [1.54, 1.807) is 16.6 Å². The number of hydrogen-bond acceptors (Lipinski definition) is 5. The van der Waals surface area contributed by atoms with Crippen LogP contribution in [0.5, 0.6) is 0 Å². The highest BCUT2D eigenvalue weighted by Gasteiger charge is 2.30. The van der Waals surface area contributed by atoms with Gasteiger partial charge in [0.05, 0.1) is 10.4 Å². The van der Waals surface area contributed by atoms with Gasteiger partial charge in [0.1, 0.15) is 5.03 Å². The summed E-state index contributed by atoms with van der Waals surface area (Å²) in [6.07, 6.45) is -4.37. The van der Waals surface area contributed by atoms with Crippen LogP contribution < -0.4 is 0 Å². The molecular weight excluding hydrogens is 381 g/mol. The summed E-state index contributed by atoms with van der Waals surface area (Å²) < 4.78 is 40.3. The molecule has 4 aromatic rings. The molecule has 0 radical (unpaired) electrons. The molecule has 0 aliphatic rings. The number of rotatable bonds is 3. The lowest BCUT2D eigenvalue weighted by Crippen LogP contribution is -2.04. The molecule has 4 rings (SSSR count). The average Bonchev–Trinajstić information content (AvgIpc) is 3.23. The van der Waals surface area contributed by atoms with Gasteiger partial charge in [0.15, 0.2) is 11.5 Å². The van der Waals surface area contributed by atoms with Crippen LogP contribution in [0.25, 0.3) is 16.3 Å². The number of nitrogens with zero attached hydrogens (tertiary/aromatic N) is 4. The Bertz CT molecular complexity index is 1070. The number of fused-ring (bicyclic) bond motifs is 1. The third-order valence-electron chi connectivity index (χ3n) is 3.66. The molecule has 0 saturated carbocycles. The topological polar surface area (TPSA) is 43.1 Å². The van der Waals surface area contributed by atoms with Gasteiger partial charge in [0.25, 0.3) is 0 Å². The smallest absolute Gasteiger partial charge is 0.191 e. The summed E-state index contributed by atoms with van der Waals surface area (Å²) in [5.41, 5.74) is 0.801. The van der Waals surface area contributed by atoms with Gasteiger partial charge in [-0.2, -0.15) is 22.8 Å². The highest BCUT2D eigenvalue weighted by Crippen LogP contribution is 2.34. The highest BCUT2D eigenvalue weighted by atomic mass is 32.2. The largest absolute Gasteiger partial charge is 0.416 e. The monoisotopic (exact) mass is 392 g/mol. The van der Waals surface area contributed by atoms with Crippen molar-refractivity contribution in [3.8, 4) is 10.7 Å². The van der Waals surface area contributed by atoms with Gasteiger partial charge >= 0.3 is 6.18 Å². The first-order valence-electron chi connectivity index (χ1n) is 7.54. The molecule has 26 heavy (non-hydrogen) atoms. The van der Waals surface area contributed by atoms with E-state index < -0.39 is 11.7 Å². The van der Waals surface area contributed by atoms with Crippen LogP contribution in [-0.2, 0) is 6.18 Å². The summed E-state index contributed by atoms with van der Waals surface area (Å²) in [6, 6.07) is 10.8. The molecule has 4 nitrogen and oxygen atoms in total. The third kappa shape index (κ3) is 3.19. The molecule has 0 aliphatic heterocycles. The molecule has 132 valence electrons. The van der Waals surface area contributed by atoms with E-state index in [9.17, 15) is 13.2 Å². The minimum absolute atomic E-state index is 0.469. The first-order chi connectivity index (χ1) is 12.4. The van der Waals surface area contributed by atoms with Crippen molar-refractivity contribution in [1.82, 2.24) is 19.8 Å². The predicted molar refractivity (Wildman–Crippen MR) is 94.4 cm³/mol. The number of hydrogen-bond donors (Lipinski definition) is 0. The maximum atomic E-state index is 12.9. The van der Waals surface area contributed by atoms with Crippen molar-refractivity contribution in [3.63, 3.8) is 0 Å². The summed E-state index contributed by atoms with van der Waals surface area (Å²) in [5.74, 6) is 0.615. The second kappa shape index (κ2) is 6.40. The summed E-state index contributed by atoms with van der Waals surface area (Å²) >= 11 is 2.69. The molecule has 0 amide bonds. The second-order valence-corrected chi connectivity index (χ2v) is 7.57. The van der Waals surface area contributed by atoms with Crippen LogP contribution >= 0.6 is 23.1 Å². The number of aryl methyl sites for hydroxylation is 1. The van der Waals surface area contributed by atoms with Crippen LogP contribution in [0.1, 0.15) is 11.1 Å². The van der Waals surface area contributed by atoms with Gasteiger partial charge in [-0.25, -0.2) is 0 Å². The zero-order valence-electron chi connectivity index (χ0n) is 13.4. The van der Waals surface area contributed by atoms with E-state index in [2.05, 4.69) is 15.3 Å².